The van der Waals surface area contributed by atoms with Crippen LogP contribution < -0.4 is 26.2 Å². The number of nitrogens with one attached hydrogen (secondary N) is 4. The van der Waals surface area contributed by atoms with Gasteiger partial charge in [0.25, 0.3) is 5.91 Å². The smallest absolute Gasteiger partial charge is 0.255 e. The van der Waals surface area contributed by atoms with Crippen molar-refractivity contribution in [3.05, 3.63) is 59.4 Å². The molecule has 4 N–H and O–H groups in total. The molecular formula is C27H35FN8O. The average molecular weight is 507 g/mol. The Labute approximate surface area is 217 Å². The molecule has 1 saturated heterocycles. The van der Waals surface area contributed by atoms with Gasteiger partial charge < -0.3 is 26.2 Å². The van der Waals surface area contributed by atoms with Crippen LogP contribution in [0.2, 0.25) is 0 Å². The molecule has 1 aromatic heterocycles. The summed E-state index contributed by atoms with van der Waals surface area (Å²) in [6.45, 7) is 11.0. The molecule has 2 heterocycles. The van der Waals surface area contributed by atoms with E-state index in [0.29, 0.717) is 34.8 Å². The lowest BCUT2D eigenvalue weighted by Crippen LogP contribution is -2.31. The van der Waals surface area contributed by atoms with E-state index in [2.05, 4.69) is 57.0 Å². The Bertz CT molecular complexity index is 1250. The Morgan fingerprint density at radius 3 is 2.62 bits per heavy atom. The molecule has 1 aliphatic rings. The van der Waals surface area contributed by atoms with Gasteiger partial charge in [-0.3, -0.25) is 4.79 Å². The van der Waals surface area contributed by atoms with Crippen molar-refractivity contribution in [1.82, 2.24) is 20.3 Å². The zero-order valence-electron chi connectivity index (χ0n) is 22.0. The van der Waals surface area contributed by atoms with Gasteiger partial charge in [0.1, 0.15) is 5.82 Å². The van der Waals surface area contributed by atoms with Crippen LogP contribution in [0.1, 0.15) is 43.1 Å². The highest BCUT2D eigenvalue weighted by Crippen LogP contribution is 2.24. The molecule has 196 valence electrons. The highest BCUT2D eigenvalue weighted by atomic mass is 19.1. The quantitative estimate of drug-likeness (QED) is 0.352. The third-order valence-corrected chi connectivity index (χ3v) is 5.90. The second-order valence-electron chi connectivity index (χ2n) is 10.7. The fourth-order valence-electron chi connectivity index (χ4n) is 4.19. The van der Waals surface area contributed by atoms with E-state index >= 15 is 0 Å². The van der Waals surface area contributed by atoms with Crippen molar-refractivity contribution >= 4 is 35.1 Å². The topological polar surface area (TPSA) is 107 Å². The summed E-state index contributed by atoms with van der Waals surface area (Å²) in [5.41, 5.74) is 2.48. The molecular weight excluding hydrogens is 471 g/mol. The summed E-state index contributed by atoms with van der Waals surface area (Å²) in [6.07, 6.45) is 0.989. The number of benzene rings is 2. The van der Waals surface area contributed by atoms with E-state index in [-0.39, 0.29) is 17.4 Å². The molecule has 3 aromatic rings. The van der Waals surface area contributed by atoms with Crippen molar-refractivity contribution < 1.29 is 9.18 Å². The average Bonchev–Trinajstić information content (AvgIpc) is 3.32. The Balaban J connectivity index is 1.59. The van der Waals surface area contributed by atoms with Gasteiger partial charge in [-0.05, 0) is 61.2 Å². The molecule has 0 unspecified atom stereocenters. The molecule has 0 radical (unpaired) electrons. The number of anilines is 5. The number of carbonyl (C=O) groups excluding carboxylic acids is 1. The Morgan fingerprint density at radius 2 is 1.92 bits per heavy atom. The zero-order chi connectivity index (χ0) is 26.6. The molecule has 0 aliphatic carbocycles. The summed E-state index contributed by atoms with van der Waals surface area (Å²) in [6, 6.07) is 11.4. The summed E-state index contributed by atoms with van der Waals surface area (Å²) in [7, 11) is 1.97. The van der Waals surface area contributed by atoms with Gasteiger partial charge in [0, 0.05) is 43.1 Å². The normalized spacial score (nSPS) is 15.4. The summed E-state index contributed by atoms with van der Waals surface area (Å²) in [5, 5.41) is 12.8. The maximum absolute atomic E-state index is 13.5. The first-order valence-electron chi connectivity index (χ1n) is 12.4. The number of rotatable bonds is 8. The molecule has 37 heavy (non-hydrogen) atoms. The molecule has 1 atom stereocenters. The number of hydrogen-bond donors (Lipinski definition) is 4. The molecule has 2 aromatic carbocycles. The van der Waals surface area contributed by atoms with Gasteiger partial charge in [-0.15, -0.1) is 0 Å². The van der Waals surface area contributed by atoms with Crippen LogP contribution >= 0.6 is 0 Å². The van der Waals surface area contributed by atoms with Crippen LogP contribution in [-0.2, 0) is 0 Å². The second-order valence-corrected chi connectivity index (χ2v) is 10.7. The highest BCUT2D eigenvalue weighted by molar-refractivity contribution is 6.05. The molecule has 10 heteroatoms. The highest BCUT2D eigenvalue weighted by Gasteiger charge is 2.20. The van der Waals surface area contributed by atoms with E-state index in [1.54, 1.807) is 24.3 Å². The number of halogens is 1. The Morgan fingerprint density at radius 1 is 1.14 bits per heavy atom. The molecule has 0 saturated carbocycles. The van der Waals surface area contributed by atoms with Crippen molar-refractivity contribution in [3.8, 4) is 0 Å². The van der Waals surface area contributed by atoms with E-state index in [0.717, 1.165) is 31.6 Å². The summed E-state index contributed by atoms with van der Waals surface area (Å²) in [5.74, 6) is 0.679. The first-order chi connectivity index (χ1) is 17.6. The van der Waals surface area contributed by atoms with Crippen LogP contribution in [0.25, 0.3) is 0 Å². The first kappa shape index (κ1) is 26.3. The largest absolute Gasteiger partial charge is 0.350 e. The Hall–Kier alpha value is -3.79. The molecule has 1 aliphatic heterocycles. The minimum absolute atomic E-state index is 0.0535. The SMILES string of the molecule is Cc1ccc(C(=O)Nc2cccc(F)c2)cc1Nc1nc(N[C@@H]2CCNC2)nc(N(C)CC(C)(C)C)n1. The van der Waals surface area contributed by atoms with Gasteiger partial charge >= 0.3 is 0 Å². The molecule has 0 bridgehead atoms. The number of hydrogen-bond acceptors (Lipinski definition) is 8. The molecule has 0 spiro atoms. The zero-order valence-corrected chi connectivity index (χ0v) is 22.0. The lowest BCUT2D eigenvalue weighted by atomic mass is 9.96. The van der Waals surface area contributed by atoms with Crippen LogP contribution in [-0.4, -0.2) is 53.6 Å². The third kappa shape index (κ3) is 7.36. The van der Waals surface area contributed by atoms with Crippen LogP contribution in [0.3, 0.4) is 0 Å². The number of nitrogens with zero attached hydrogens (tertiary/aromatic N) is 4. The standard InChI is InChI=1S/C27H35FN8O/c1-17-9-10-18(23(37)30-20-8-6-7-19(28)14-20)13-22(17)32-25-33-24(31-21-11-12-29-15-21)34-26(35-25)36(5)16-27(2,3)4/h6-10,13-14,21,29H,11-12,15-16H2,1-5H3,(H,30,37)(H2,31,32,33,34,35)/t21-/m1/s1. The number of amides is 1. The molecule has 1 amide bonds. The van der Waals surface area contributed by atoms with Gasteiger partial charge in [0.05, 0.1) is 0 Å². The monoisotopic (exact) mass is 506 g/mol. The summed E-state index contributed by atoms with van der Waals surface area (Å²) < 4.78 is 13.5. The second kappa shape index (κ2) is 11.1. The van der Waals surface area contributed by atoms with E-state index in [4.69, 9.17) is 0 Å². The van der Waals surface area contributed by atoms with Gasteiger partial charge in [0.15, 0.2) is 0 Å². The van der Waals surface area contributed by atoms with Crippen LogP contribution in [0.15, 0.2) is 42.5 Å². The lowest BCUT2D eigenvalue weighted by Gasteiger charge is -2.27. The van der Waals surface area contributed by atoms with Gasteiger partial charge in [-0.1, -0.05) is 32.9 Å². The van der Waals surface area contributed by atoms with Crippen molar-refractivity contribution in [2.75, 3.05) is 47.5 Å². The van der Waals surface area contributed by atoms with E-state index < -0.39 is 5.82 Å². The number of carbonyl (C=O) groups is 1. The van der Waals surface area contributed by atoms with Crippen LogP contribution in [0.5, 0.6) is 0 Å². The molecule has 9 nitrogen and oxygen atoms in total. The van der Waals surface area contributed by atoms with Crippen molar-refractivity contribution in [2.45, 2.75) is 40.2 Å². The first-order valence-corrected chi connectivity index (χ1v) is 12.4. The number of aryl methyl sites for hydroxylation is 1. The van der Waals surface area contributed by atoms with E-state index in [9.17, 15) is 9.18 Å². The summed E-state index contributed by atoms with van der Waals surface area (Å²) in [4.78, 5) is 28.8. The van der Waals surface area contributed by atoms with Crippen LogP contribution in [0, 0.1) is 18.2 Å². The Kier molecular flexibility index (Phi) is 7.87. The number of aromatic nitrogens is 3. The predicted molar refractivity (Wildman–Crippen MR) is 146 cm³/mol. The lowest BCUT2D eigenvalue weighted by molar-refractivity contribution is 0.102. The van der Waals surface area contributed by atoms with Crippen molar-refractivity contribution in [1.29, 1.82) is 0 Å². The maximum Gasteiger partial charge on any atom is 0.255 e. The van der Waals surface area contributed by atoms with E-state index in [1.807, 2.05) is 24.9 Å². The predicted octanol–water partition coefficient (Wildman–Crippen LogP) is 4.57. The van der Waals surface area contributed by atoms with Gasteiger partial charge in [-0.25, -0.2) is 4.39 Å². The fourth-order valence-corrected chi connectivity index (χ4v) is 4.19. The van der Waals surface area contributed by atoms with E-state index in [1.165, 1.54) is 12.1 Å². The minimum atomic E-state index is -0.413. The maximum atomic E-state index is 13.5. The van der Waals surface area contributed by atoms with Crippen molar-refractivity contribution in [3.63, 3.8) is 0 Å². The van der Waals surface area contributed by atoms with Gasteiger partial charge in [-0.2, -0.15) is 15.0 Å². The van der Waals surface area contributed by atoms with Gasteiger partial charge in [0.2, 0.25) is 17.8 Å². The minimum Gasteiger partial charge on any atom is -0.350 e. The summed E-state index contributed by atoms with van der Waals surface area (Å²) >= 11 is 0. The van der Waals surface area contributed by atoms with Crippen molar-refractivity contribution in [2.24, 2.45) is 5.41 Å². The third-order valence-electron chi connectivity index (χ3n) is 5.90. The van der Waals surface area contributed by atoms with Crippen LogP contribution in [0.4, 0.5) is 33.6 Å². The molecule has 4 rings (SSSR count). The fraction of sp³-hybridized carbons (Fsp3) is 0.407. The molecule has 1 fully saturated rings.